The van der Waals surface area contributed by atoms with E-state index in [4.69, 9.17) is 0 Å². The first kappa shape index (κ1) is 31.3. The molecule has 2 aromatic carbocycles. The van der Waals surface area contributed by atoms with Gasteiger partial charge in [0.1, 0.15) is 29.1 Å². The minimum Gasteiger partial charge on any atom is -0.324 e. The second kappa shape index (κ2) is 17.7. The van der Waals surface area contributed by atoms with Crippen LogP contribution in [0, 0.1) is 27.7 Å². The van der Waals surface area contributed by atoms with Crippen molar-refractivity contribution in [2.24, 2.45) is 0 Å². The van der Waals surface area contributed by atoms with Crippen LogP contribution in [0.4, 0.5) is 11.6 Å². The van der Waals surface area contributed by atoms with Crippen molar-refractivity contribution in [1.82, 2.24) is 29.9 Å². The molecule has 0 aliphatic carbocycles. The zero-order valence-electron chi connectivity index (χ0n) is 24.0. The van der Waals surface area contributed by atoms with Gasteiger partial charge in [0.25, 0.3) is 0 Å². The quantitative estimate of drug-likeness (QED) is 0.306. The Hall–Kier alpha value is -3.74. The summed E-state index contributed by atoms with van der Waals surface area (Å²) in [4.78, 5) is 26.1. The lowest BCUT2D eigenvalue weighted by atomic mass is 10.2. The van der Waals surface area contributed by atoms with Crippen molar-refractivity contribution >= 4 is 11.6 Å². The molecule has 0 fully saturated rings. The van der Waals surface area contributed by atoms with Gasteiger partial charge in [-0.25, -0.2) is 19.9 Å². The topological polar surface area (TPSA) is 89.4 Å². The van der Waals surface area contributed by atoms with E-state index < -0.39 is 0 Å². The van der Waals surface area contributed by atoms with Gasteiger partial charge < -0.3 is 5.32 Å². The summed E-state index contributed by atoms with van der Waals surface area (Å²) >= 11 is 0. The summed E-state index contributed by atoms with van der Waals surface area (Å²) in [7, 11) is 0. The molecule has 0 aliphatic rings. The van der Waals surface area contributed by atoms with E-state index in [-0.39, 0.29) is 0 Å². The Balaban J connectivity index is 0.000000437. The fraction of sp³-hybridized carbons (Fsp3) is 0.400. The number of nitrogens with one attached hydrogen (secondary N) is 1. The number of anilines is 2. The molecule has 0 radical (unpaired) electrons. The molecule has 37 heavy (non-hydrogen) atoms. The van der Waals surface area contributed by atoms with E-state index in [2.05, 4.69) is 80.3 Å². The zero-order valence-corrected chi connectivity index (χ0v) is 24.0. The van der Waals surface area contributed by atoms with Gasteiger partial charge in [0.15, 0.2) is 0 Å². The van der Waals surface area contributed by atoms with Crippen molar-refractivity contribution < 1.29 is 0 Å². The van der Waals surface area contributed by atoms with Gasteiger partial charge in [0.05, 0.1) is 6.42 Å². The van der Waals surface area contributed by atoms with Crippen molar-refractivity contribution in [3.8, 4) is 0 Å². The molecule has 0 aliphatic heterocycles. The van der Waals surface area contributed by atoms with Crippen LogP contribution in [0.1, 0.15) is 81.3 Å². The third-order valence-electron chi connectivity index (χ3n) is 4.54. The first-order valence-corrected chi connectivity index (χ1v) is 13.1. The average molecular weight is 502 g/mol. The molecule has 2 aromatic heterocycles. The summed E-state index contributed by atoms with van der Waals surface area (Å²) in [5.41, 5.74) is 3.52. The lowest BCUT2D eigenvalue weighted by molar-refractivity contribution is 0.801. The van der Waals surface area contributed by atoms with E-state index in [0.717, 1.165) is 12.1 Å². The van der Waals surface area contributed by atoms with Crippen LogP contribution in [0.15, 0.2) is 54.6 Å². The minimum atomic E-state index is 0.441. The Morgan fingerprint density at radius 3 is 1.68 bits per heavy atom. The zero-order chi connectivity index (χ0) is 27.6. The molecule has 0 saturated heterocycles. The van der Waals surface area contributed by atoms with E-state index >= 15 is 0 Å². The summed E-state index contributed by atoms with van der Waals surface area (Å²) in [6.07, 6.45) is 2.83. The lowest BCUT2D eigenvalue weighted by Gasteiger charge is -2.08. The van der Waals surface area contributed by atoms with E-state index in [1.54, 1.807) is 0 Å². The molecule has 0 bridgehead atoms. The predicted octanol–water partition coefficient (Wildman–Crippen LogP) is 7.32. The molecule has 7 heteroatoms. The Bertz CT molecular complexity index is 1160. The molecule has 4 aromatic rings. The number of nitrogens with zero attached hydrogens (tertiary/aromatic N) is 6. The van der Waals surface area contributed by atoms with Crippen LogP contribution >= 0.6 is 0 Å². The summed E-state index contributed by atoms with van der Waals surface area (Å²) in [5.74, 6) is 3.85. The van der Waals surface area contributed by atoms with E-state index in [9.17, 15) is 0 Å². The summed E-state index contributed by atoms with van der Waals surface area (Å²) in [6.45, 7) is 18.0. The molecule has 4 rings (SSSR count). The van der Waals surface area contributed by atoms with Gasteiger partial charge >= 0.3 is 0 Å². The second-order valence-electron chi connectivity index (χ2n) is 8.19. The number of hydrogen-bond donors (Lipinski definition) is 1. The highest BCUT2D eigenvalue weighted by Crippen LogP contribution is 2.15. The summed E-state index contributed by atoms with van der Waals surface area (Å²) in [5, 5.41) is 3.22. The van der Waals surface area contributed by atoms with Crippen molar-refractivity contribution in [2.75, 3.05) is 5.32 Å². The minimum absolute atomic E-state index is 0.441. The maximum atomic E-state index is 4.48. The lowest BCUT2D eigenvalue weighted by Crippen LogP contribution is -2.09. The van der Waals surface area contributed by atoms with Gasteiger partial charge in [-0.2, -0.15) is 9.97 Å². The number of hydrogen-bond acceptors (Lipinski definition) is 7. The van der Waals surface area contributed by atoms with E-state index in [1.807, 2.05) is 71.9 Å². The Morgan fingerprint density at radius 1 is 0.622 bits per heavy atom. The smallest absolute Gasteiger partial charge is 0.230 e. The number of aryl methyl sites for hydroxylation is 5. The fourth-order valence-electron chi connectivity index (χ4n) is 3.14. The maximum Gasteiger partial charge on any atom is 0.230 e. The Morgan fingerprint density at radius 2 is 1.16 bits per heavy atom. The summed E-state index contributed by atoms with van der Waals surface area (Å²) < 4.78 is 0. The van der Waals surface area contributed by atoms with Crippen LogP contribution < -0.4 is 5.32 Å². The molecular formula is C30H43N7. The van der Waals surface area contributed by atoms with Gasteiger partial charge in [-0.15, -0.1) is 0 Å². The molecule has 7 nitrogen and oxygen atoms in total. The van der Waals surface area contributed by atoms with Crippen molar-refractivity contribution in [3.05, 3.63) is 94.8 Å². The third-order valence-corrected chi connectivity index (χ3v) is 4.54. The van der Waals surface area contributed by atoms with E-state index in [1.165, 1.54) is 17.5 Å². The van der Waals surface area contributed by atoms with Gasteiger partial charge in [-0.05, 0) is 57.4 Å². The largest absolute Gasteiger partial charge is 0.324 e. The van der Waals surface area contributed by atoms with Gasteiger partial charge in [-0.1, -0.05) is 83.5 Å². The average Bonchev–Trinajstić information content (AvgIpc) is 2.86. The standard InChI is InChI=1S/C17H19N7.C8H10.C3H8.C2H6/c1-10-6-5-7-14(8-10)23-17-22-13(4)21-16(24-17)9-15-19-11(2)18-12(3)20-15;1-2-8-6-4-3-5-7-8;1-3-2;1-2/h5-8H,9H2,1-4H3,(H,21,22,23,24);3-7H,2H2,1H3;3H2,1-2H3;1-2H3. The predicted molar refractivity (Wildman–Crippen MR) is 154 cm³/mol. The van der Waals surface area contributed by atoms with Crippen molar-refractivity contribution in [3.63, 3.8) is 0 Å². The van der Waals surface area contributed by atoms with Gasteiger partial charge in [0.2, 0.25) is 5.95 Å². The van der Waals surface area contributed by atoms with Crippen molar-refractivity contribution in [2.45, 2.75) is 81.6 Å². The second-order valence-corrected chi connectivity index (χ2v) is 8.19. The van der Waals surface area contributed by atoms with Crippen LogP contribution in [0.3, 0.4) is 0 Å². The monoisotopic (exact) mass is 501 g/mol. The van der Waals surface area contributed by atoms with Crippen LogP contribution in [-0.4, -0.2) is 29.9 Å². The normalized spacial score (nSPS) is 9.54. The van der Waals surface area contributed by atoms with Crippen LogP contribution in [0.2, 0.25) is 0 Å². The molecular weight excluding hydrogens is 458 g/mol. The van der Waals surface area contributed by atoms with Crippen molar-refractivity contribution in [1.29, 1.82) is 0 Å². The Labute approximate surface area is 223 Å². The first-order valence-electron chi connectivity index (χ1n) is 13.1. The molecule has 0 atom stereocenters. The molecule has 2 heterocycles. The third kappa shape index (κ3) is 12.7. The molecule has 0 unspecified atom stereocenters. The number of rotatable bonds is 5. The molecule has 0 saturated carbocycles. The molecule has 198 valence electrons. The fourth-order valence-corrected chi connectivity index (χ4v) is 3.14. The van der Waals surface area contributed by atoms with Gasteiger partial charge in [-0.3, -0.25) is 0 Å². The number of benzene rings is 2. The van der Waals surface area contributed by atoms with Gasteiger partial charge in [0, 0.05) is 5.69 Å². The maximum absolute atomic E-state index is 4.48. The number of aromatic nitrogens is 6. The van der Waals surface area contributed by atoms with E-state index in [0.29, 0.717) is 41.5 Å². The van der Waals surface area contributed by atoms with Crippen LogP contribution in [0.25, 0.3) is 0 Å². The highest BCUT2D eigenvalue weighted by molar-refractivity contribution is 5.54. The highest BCUT2D eigenvalue weighted by Gasteiger charge is 2.09. The molecule has 1 N–H and O–H groups in total. The first-order chi connectivity index (χ1) is 17.8. The molecule has 0 amide bonds. The van der Waals surface area contributed by atoms with Crippen LogP contribution in [-0.2, 0) is 12.8 Å². The Kier molecular flexibility index (Phi) is 14.9. The summed E-state index contributed by atoms with van der Waals surface area (Å²) in [6, 6.07) is 18.5. The van der Waals surface area contributed by atoms with Crippen LogP contribution in [0.5, 0.6) is 0 Å². The highest BCUT2D eigenvalue weighted by atomic mass is 15.2. The SMILES string of the molecule is CC.CCC.CCc1ccccc1.Cc1cccc(Nc2nc(C)nc(Cc3nc(C)nc(C)n3)n2)c1. The molecule has 0 spiro atoms.